The molecule has 0 fully saturated rings. The predicted octanol–water partition coefficient (Wildman–Crippen LogP) is 5.12. The Morgan fingerprint density at radius 3 is 2.58 bits per heavy atom. The molecule has 196 valence electrons. The van der Waals surface area contributed by atoms with Crippen LogP contribution in [0.5, 0.6) is 0 Å². The zero-order valence-electron chi connectivity index (χ0n) is 22.3. The lowest BCUT2D eigenvalue weighted by atomic mass is 10.0. The number of esters is 1. The molecule has 4 aromatic rings. The molecule has 1 amide bonds. The van der Waals surface area contributed by atoms with Crippen molar-refractivity contribution < 1.29 is 19.1 Å². The monoisotopic (exact) mass is 513 g/mol. The highest BCUT2D eigenvalue weighted by Crippen LogP contribution is 2.31. The molecule has 0 N–H and O–H groups in total. The second-order valence-corrected chi connectivity index (χ2v) is 10.3. The van der Waals surface area contributed by atoms with E-state index in [2.05, 4.69) is 11.9 Å². The Morgan fingerprint density at radius 2 is 1.89 bits per heavy atom. The first-order chi connectivity index (χ1) is 18.2. The third kappa shape index (κ3) is 4.83. The second-order valence-electron chi connectivity index (χ2n) is 10.3. The molecule has 4 heterocycles. The maximum absolute atomic E-state index is 12.8. The minimum atomic E-state index is -0.555. The van der Waals surface area contributed by atoms with Gasteiger partial charge in [0.1, 0.15) is 11.3 Å². The van der Waals surface area contributed by atoms with Gasteiger partial charge >= 0.3 is 12.1 Å². The van der Waals surface area contributed by atoms with Gasteiger partial charge in [-0.15, -0.1) is 0 Å². The summed E-state index contributed by atoms with van der Waals surface area (Å²) in [6.45, 7) is 8.76. The van der Waals surface area contributed by atoms with E-state index in [9.17, 15) is 9.59 Å². The molecule has 0 spiro atoms. The highest BCUT2D eigenvalue weighted by atomic mass is 16.6. The van der Waals surface area contributed by atoms with Gasteiger partial charge in [-0.25, -0.2) is 19.3 Å². The number of aromatic nitrogens is 4. The molecule has 1 aromatic carbocycles. The molecule has 38 heavy (non-hydrogen) atoms. The van der Waals surface area contributed by atoms with Gasteiger partial charge in [-0.1, -0.05) is 19.1 Å². The molecule has 0 bridgehead atoms. The molecule has 0 saturated carbocycles. The Balaban J connectivity index is 1.52. The van der Waals surface area contributed by atoms with Gasteiger partial charge in [-0.2, -0.15) is 5.10 Å². The molecule has 1 aliphatic rings. The number of carbonyl (C=O) groups excluding carboxylic acids is 2. The predicted molar refractivity (Wildman–Crippen MR) is 143 cm³/mol. The fraction of sp³-hybridized carbons (Fsp3) is 0.345. The molecule has 0 saturated heterocycles. The topological polar surface area (TPSA) is 99.4 Å². The Bertz CT molecular complexity index is 1520. The van der Waals surface area contributed by atoms with Crippen molar-refractivity contribution >= 4 is 22.8 Å². The van der Waals surface area contributed by atoms with Gasteiger partial charge < -0.3 is 14.4 Å². The van der Waals surface area contributed by atoms with Crippen LogP contribution >= 0.6 is 0 Å². The van der Waals surface area contributed by atoms with E-state index in [4.69, 9.17) is 19.6 Å². The zero-order valence-corrected chi connectivity index (χ0v) is 22.3. The number of amides is 1. The van der Waals surface area contributed by atoms with E-state index in [0.717, 1.165) is 51.9 Å². The summed E-state index contributed by atoms with van der Waals surface area (Å²) in [6, 6.07) is 11.5. The summed E-state index contributed by atoms with van der Waals surface area (Å²) in [5.74, 6) is -0.480. The van der Waals surface area contributed by atoms with Crippen LogP contribution in [-0.4, -0.2) is 56.0 Å². The Hall–Kier alpha value is -4.27. The van der Waals surface area contributed by atoms with Crippen LogP contribution < -0.4 is 0 Å². The number of nitrogens with zero attached hydrogens (tertiary/aromatic N) is 5. The summed E-state index contributed by atoms with van der Waals surface area (Å²) in [5, 5.41) is 6.90. The van der Waals surface area contributed by atoms with Gasteiger partial charge in [0.25, 0.3) is 0 Å². The molecule has 0 unspecified atom stereocenters. The number of hydrogen-bond donors (Lipinski definition) is 0. The average Bonchev–Trinajstić information content (AvgIpc) is 3.29. The van der Waals surface area contributed by atoms with E-state index in [0.29, 0.717) is 13.1 Å². The van der Waals surface area contributed by atoms with E-state index in [1.807, 2.05) is 55.9 Å². The van der Waals surface area contributed by atoms with Crippen LogP contribution in [-0.2, 0) is 28.9 Å². The standard InChI is InChI=1S/C29H31N5O4/c1-6-22-20-12-13-33(28(36)38-29(2,3)4)17-26(20)34(32-22)25-9-7-8-18-14-24(31-16-21(18)25)19-10-11-23(30-15-19)27(35)37-5/h7-11,14-16H,6,12-13,17H2,1-5H3. The van der Waals surface area contributed by atoms with Crippen LogP contribution in [0.3, 0.4) is 0 Å². The van der Waals surface area contributed by atoms with Crippen molar-refractivity contribution in [3.05, 3.63) is 71.4 Å². The van der Waals surface area contributed by atoms with Crippen molar-refractivity contribution in [3.8, 4) is 16.9 Å². The van der Waals surface area contributed by atoms with Crippen molar-refractivity contribution in [2.45, 2.75) is 52.7 Å². The van der Waals surface area contributed by atoms with Crippen LogP contribution in [0.4, 0.5) is 4.79 Å². The number of methoxy groups -OCH3 is 1. The maximum Gasteiger partial charge on any atom is 0.410 e. The lowest BCUT2D eigenvalue weighted by Gasteiger charge is -2.30. The van der Waals surface area contributed by atoms with Gasteiger partial charge in [0.2, 0.25) is 0 Å². The van der Waals surface area contributed by atoms with Crippen molar-refractivity contribution in [3.63, 3.8) is 0 Å². The van der Waals surface area contributed by atoms with Crippen LogP contribution in [0.1, 0.15) is 55.1 Å². The Kier molecular flexibility index (Phi) is 6.60. The molecular weight excluding hydrogens is 482 g/mol. The number of fused-ring (bicyclic) bond motifs is 2. The summed E-state index contributed by atoms with van der Waals surface area (Å²) in [6.07, 6.45) is 4.68. The molecule has 3 aromatic heterocycles. The van der Waals surface area contributed by atoms with Gasteiger partial charge in [0, 0.05) is 35.5 Å². The van der Waals surface area contributed by atoms with Crippen LogP contribution in [0.25, 0.3) is 27.7 Å². The summed E-state index contributed by atoms with van der Waals surface area (Å²) in [7, 11) is 1.33. The first-order valence-electron chi connectivity index (χ1n) is 12.7. The molecular formula is C29H31N5O4. The van der Waals surface area contributed by atoms with E-state index >= 15 is 0 Å². The smallest absolute Gasteiger partial charge is 0.410 e. The Labute approximate surface area is 221 Å². The summed E-state index contributed by atoms with van der Waals surface area (Å²) in [5.41, 5.74) is 5.37. The van der Waals surface area contributed by atoms with Crippen LogP contribution in [0, 0.1) is 0 Å². The molecule has 9 heteroatoms. The average molecular weight is 514 g/mol. The molecule has 1 aliphatic heterocycles. The molecule has 9 nitrogen and oxygen atoms in total. The van der Waals surface area contributed by atoms with Gasteiger partial charge in [-0.3, -0.25) is 4.98 Å². The number of pyridine rings is 2. The van der Waals surface area contributed by atoms with E-state index < -0.39 is 11.6 Å². The van der Waals surface area contributed by atoms with Crippen molar-refractivity contribution in [2.24, 2.45) is 0 Å². The SMILES string of the molecule is CCc1nn(-c2cccc3cc(-c4ccc(C(=O)OC)nc4)ncc23)c2c1CCN(C(=O)OC(C)(C)C)C2. The third-order valence-corrected chi connectivity index (χ3v) is 6.56. The first-order valence-corrected chi connectivity index (χ1v) is 12.7. The minimum Gasteiger partial charge on any atom is -0.464 e. The van der Waals surface area contributed by atoms with E-state index in [1.165, 1.54) is 12.7 Å². The fourth-order valence-electron chi connectivity index (χ4n) is 4.73. The number of ether oxygens (including phenoxy) is 2. The first kappa shape index (κ1) is 25.4. The summed E-state index contributed by atoms with van der Waals surface area (Å²) < 4.78 is 12.3. The third-order valence-electron chi connectivity index (χ3n) is 6.56. The lowest BCUT2D eigenvalue weighted by molar-refractivity contribution is 0.0220. The highest BCUT2D eigenvalue weighted by Gasteiger charge is 2.30. The number of carbonyl (C=O) groups is 2. The Morgan fingerprint density at radius 1 is 1.08 bits per heavy atom. The quantitative estimate of drug-likeness (QED) is 0.349. The van der Waals surface area contributed by atoms with Crippen molar-refractivity contribution in [1.82, 2.24) is 24.6 Å². The molecule has 0 atom stereocenters. The number of aryl methyl sites for hydroxylation is 1. The molecule has 5 rings (SSSR count). The number of rotatable bonds is 4. The van der Waals surface area contributed by atoms with Gasteiger partial charge in [0.15, 0.2) is 0 Å². The molecule has 0 radical (unpaired) electrons. The second kappa shape index (κ2) is 9.89. The lowest BCUT2D eigenvalue weighted by Crippen LogP contribution is -2.40. The van der Waals surface area contributed by atoms with Crippen molar-refractivity contribution in [1.29, 1.82) is 0 Å². The van der Waals surface area contributed by atoms with Gasteiger partial charge in [-0.05, 0) is 63.3 Å². The zero-order chi connectivity index (χ0) is 27.0. The highest BCUT2D eigenvalue weighted by molar-refractivity contribution is 5.92. The van der Waals surface area contributed by atoms with E-state index in [-0.39, 0.29) is 11.8 Å². The normalized spacial score (nSPS) is 13.3. The largest absolute Gasteiger partial charge is 0.464 e. The number of hydrogen-bond acceptors (Lipinski definition) is 7. The summed E-state index contributed by atoms with van der Waals surface area (Å²) >= 11 is 0. The van der Waals surface area contributed by atoms with Gasteiger partial charge in [0.05, 0.1) is 36.4 Å². The van der Waals surface area contributed by atoms with E-state index in [1.54, 1.807) is 23.2 Å². The fourth-order valence-corrected chi connectivity index (χ4v) is 4.73. The number of benzene rings is 1. The minimum absolute atomic E-state index is 0.245. The maximum atomic E-state index is 12.8. The van der Waals surface area contributed by atoms with Crippen LogP contribution in [0.15, 0.2) is 48.8 Å². The van der Waals surface area contributed by atoms with Crippen LogP contribution in [0.2, 0.25) is 0 Å². The molecule has 0 aliphatic carbocycles. The van der Waals surface area contributed by atoms with Crippen molar-refractivity contribution in [2.75, 3.05) is 13.7 Å². The summed E-state index contributed by atoms with van der Waals surface area (Å²) in [4.78, 5) is 35.2.